The molecule has 3 rings (SSSR count). The molecule has 0 unspecified atom stereocenters. The zero-order valence-corrected chi connectivity index (χ0v) is 16.7. The number of rotatable bonds is 6. The van der Waals surface area contributed by atoms with E-state index in [0.717, 1.165) is 5.69 Å². The van der Waals surface area contributed by atoms with Gasteiger partial charge < -0.3 is 20.1 Å². The van der Waals surface area contributed by atoms with E-state index in [1.807, 2.05) is 6.92 Å². The van der Waals surface area contributed by atoms with Crippen LogP contribution < -0.4 is 20.1 Å². The average molecular weight is 398 g/mol. The number of halogens is 1. The Morgan fingerprint density at radius 2 is 1.86 bits per heavy atom. The first-order valence-electron chi connectivity index (χ1n) is 9.00. The van der Waals surface area contributed by atoms with Gasteiger partial charge in [0.1, 0.15) is 17.3 Å². The van der Waals surface area contributed by atoms with Crippen LogP contribution in [0.3, 0.4) is 0 Å². The first-order valence-corrected chi connectivity index (χ1v) is 9.00. The van der Waals surface area contributed by atoms with Gasteiger partial charge in [-0.25, -0.2) is 9.18 Å². The molecule has 0 aliphatic heterocycles. The van der Waals surface area contributed by atoms with E-state index in [2.05, 4.69) is 15.7 Å². The Balaban J connectivity index is 1.78. The van der Waals surface area contributed by atoms with Gasteiger partial charge >= 0.3 is 6.03 Å². The summed E-state index contributed by atoms with van der Waals surface area (Å²) in [5, 5.41) is 10.00. The van der Waals surface area contributed by atoms with Crippen LogP contribution in [0.1, 0.15) is 17.0 Å². The maximum atomic E-state index is 14.0. The monoisotopic (exact) mass is 398 g/mol. The fourth-order valence-corrected chi connectivity index (χ4v) is 3.00. The van der Waals surface area contributed by atoms with Crippen molar-refractivity contribution in [2.24, 2.45) is 0 Å². The van der Waals surface area contributed by atoms with Crippen LogP contribution in [0.2, 0.25) is 0 Å². The SMILES string of the molecule is COc1ccc(OC)c(NC(=O)Nc2c(C)nn(Cc3ccccc3F)c2C)c1. The van der Waals surface area contributed by atoms with Crippen molar-refractivity contribution in [3.8, 4) is 11.5 Å². The third kappa shape index (κ3) is 4.48. The molecular formula is C21H23FN4O3. The van der Waals surface area contributed by atoms with Gasteiger partial charge in [0.25, 0.3) is 0 Å². The van der Waals surface area contributed by atoms with Crippen LogP contribution in [0.4, 0.5) is 20.6 Å². The maximum absolute atomic E-state index is 14.0. The standard InChI is InChI=1S/C21H23FN4O3/c1-13-20(14(2)26(25-13)12-15-7-5-6-8-17(15)22)24-21(27)23-18-11-16(28-3)9-10-19(18)29-4/h5-11H,12H2,1-4H3,(H2,23,24,27). The predicted molar refractivity (Wildman–Crippen MR) is 109 cm³/mol. The Morgan fingerprint density at radius 3 is 2.55 bits per heavy atom. The Hall–Kier alpha value is -3.55. The lowest BCUT2D eigenvalue weighted by atomic mass is 10.2. The van der Waals surface area contributed by atoms with Crippen LogP contribution >= 0.6 is 0 Å². The number of nitrogens with zero attached hydrogens (tertiary/aromatic N) is 2. The molecule has 0 spiro atoms. The number of aryl methyl sites for hydroxylation is 1. The highest BCUT2D eigenvalue weighted by Crippen LogP contribution is 2.29. The molecule has 7 nitrogen and oxygen atoms in total. The van der Waals surface area contributed by atoms with Crippen molar-refractivity contribution in [1.29, 1.82) is 0 Å². The Kier molecular flexibility index (Phi) is 6.01. The highest BCUT2D eigenvalue weighted by atomic mass is 19.1. The molecule has 3 aromatic rings. The number of carbonyl (C=O) groups excluding carboxylic acids is 1. The minimum Gasteiger partial charge on any atom is -0.497 e. The molecule has 2 N–H and O–H groups in total. The van der Waals surface area contributed by atoms with Gasteiger partial charge in [0.05, 0.1) is 43.5 Å². The van der Waals surface area contributed by atoms with Crippen LogP contribution in [-0.4, -0.2) is 30.0 Å². The number of anilines is 2. The van der Waals surface area contributed by atoms with Crippen LogP contribution in [0.25, 0.3) is 0 Å². The third-order valence-electron chi connectivity index (χ3n) is 4.55. The number of carbonyl (C=O) groups is 1. The van der Waals surface area contributed by atoms with Crippen molar-refractivity contribution in [1.82, 2.24) is 9.78 Å². The van der Waals surface area contributed by atoms with Gasteiger partial charge in [0.2, 0.25) is 0 Å². The molecule has 0 fully saturated rings. The van der Waals surface area contributed by atoms with Gasteiger partial charge in [-0.05, 0) is 32.0 Å². The fourth-order valence-electron chi connectivity index (χ4n) is 3.00. The summed E-state index contributed by atoms with van der Waals surface area (Å²) >= 11 is 0. The first kappa shape index (κ1) is 20.2. The number of aromatic nitrogens is 2. The van der Waals surface area contributed by atoms with Crippen LogP contribution in [0, 0.1) is 19.7 Å². The van der Waals surface area contributed by atoms with Gasteiger partial charge in [0.15, 0.2) is 0 Å². The predicted octanol–water partition coefficient (Wildman–Crippen LogP) is 4.35. The summed E-state index contributed by atoms with van der Waals surface area (Å²) in [6, 6.07) is 11.2. The van der Waals surface area contributed by atoms with Crippen LogP contribution in [0.15, 0.2) is 42.5 Å². The third-order valence-corrected chi connectivity index (χ3v) is 4.55. The van der Waals surface area contributed by atoms with E-state index in [4.69, 9.17) is 9.47 Å². The summed E-state index contributed by atoms with van der Waals surface area (Å²) < 4.78 is 26.1. The quantitative estimate of drug-likeness (QED) is 0.647. The molecule has 0 aliphatic carbocycles. The van der Waals surface area contributed by atoms with E-state index >= 15 is 0 Å². The van der Waals surface area contributed by atoms with Crippen molar-refractivity contribution in [2.75, 3.05) is 24.9 Å². The highest BCUT2D eigenvalue weighted by Gasteiger charge is 2.16. The van der Waals surface area contributed by atoms with E-state index in [1.165, 1.54) is 13.2 Å². The number of methoxy groups -OCH3 is 2. The Morgan fingerprint density at radius 1 is 1.10 bits per heavy atom. The summed E-state index contributed by atoms with van der Waals surface area (Å²) in [6.07, 6.45) is 0. The minimum absolute atomic E-state index is 0.270. The second-order valence-corrected chi connectivity index (χ2v) is 6.44. The average Bonchev–Trinajstić information content (AvgIpc) is 2.97. The number of urea groups is 1. The molecule has 8 heteroatoms. The van der Waals surface area contributed by atoms with E-state index in [9.17, 15) is 9.18 Å². The smallest absolute Gasteiger partial charge is 0.323 e. The molecule has 152 valence electrons. The summed E-state index contributed by atoms with van der Waals surface area (Å²) in [6.45, 7) is 3.88. The molecule has 0 radical (unpaired) electrons. The topological polar surface area (TPSA) is 77.4 Å². The largest absolute Gasteiger partial charge is 0.497 e. The van der Waals surface area contributed by atoms with Gasteiger partial charge in [-0.15, -0.1) is 0 Å². The molecule has 1 heterocycles. The second kappa shape index (κ2) is 8.64. The summed E-state index contributed by atoms with van der Waals surface area (Å²) in [5.41, 5.74) is 2.92. The molecule has 0 atom stereocenters. The van der Waals surface area contributed by atoms with E-state index in [0.29, 0.717) is 34.1 Å². The number of hydrogen-bond donors (Lipinski definition) is 2. The lowest BCUT2D eigenvalue weighted by Crippen LogP contribution is -2.20. The molecule has 2 amide bonds. The fraction of sp³-hybridized carbons (Fsp3) is 0.238. The zero-order chi connectivity index (χ0) is 21.0. The van der Waals surface area contributed by atoms with Gasteiger partial charge in [-0.2, -0.15) is 5.10 Å². The van der Waals surface area contributed by atoms with Crippen molar-refractivity contribution < 1.29 is 18.7 Å². The molecule has 0 bridgehead atoms. The summed E-state index contributed by atoms with van der Waals surface area (Å²) in [7, 11) is 3.06. The highest BCUT2D eigenvalue weighted by molar-refractivity contribution is 6.01. The summed E-state index contributed by atoms with van der Waals surface area (Å²) in [4.78, 5) is 12.6. The van der Waals surface area contributed by atoms with Gasteiger partial charge in [0, 0.05) is 11.6 Å². The van der Waals surface area contributed by atoms with E-state index in [1.54, 1.807) is 55.1 Å². The zero-order valence-electron chi connectivity index (χ0n) is 16.7. The second-order valence-electron chi connectivity index (χ2n) is 6.44. The van der Waals surface area contributed by atoms with Gasteiger partial charge in [-0.1, -0.05) is 18.2 Å². The van der Waals surface area contributed by atoms with Crippen LogP contribution in [0.5, 0.6) is 11.5 Å². The number of amides is 2. The molecule has 0 saturated heterocycles. The Labute approximate surface area is 168 Å². The van der Waals surface area contributed by atoms with Crippen molar-refractivity contribution in [2.45, 2.75) is 20.4 Å². The normalized spacial score (nSPS) is 10.5. The number of benzene rings is 2. The van der Waals surface area contributed by atoms with Gasteiger partial charge in [-0.3, -0.25) is 4.68 Å². The lowest BCUT2D eigenvalue weighted by molar-refractivity contribution is 0.262. The maximum Gasteiger partial charge on any atom is 0.323 e. The lowest BCUT2D eigenvalue weighted by Gasteiger charge is -2.13. The summed E-state index contributed by atoms with van der Waals surface area (Å²) in [5.74, 6) is 0.799. The first-order chi connectivity index (χ1) is 13.9. The molecule has 1 aromatic heterocycles. The molecule has 2 aromatic carbocycles. The Bertz CT molecular complexity index is 1030. The molecule has 29 heavy (non-hydrogen) atoms. The van der Waals surface area contributed by atoms with E-state index < -0.39 is 6.03 Å². The number of hydrogen-bond acceptors (Lipinski definition) is 4. The van der Waals surface area contributed by atoms with E-state index in [-0.39, 0.29) is 12.4 Å². The number of nitrogens with one attached hydrogen (secondary N) is 2. The van der Waals surface area contributed by atoms with Crippen molar-refractivity contribution >= 4 is 17.4 Å². The molecule has 0 saturated carbocycles. The molecular weight excluding hydrogens is 375 g/mol. The van der Waals surface area contributed by atoms with Crippen LogP contribution in [-0.2, 0) is 6.54 Å². The van der Waals surface area contributed by atoms with Crippen molar-refractivity contribution in [3.05, 3.63) is 65.2 Å². The van der Waals surface area contributed by atoms with Crippen molar-refractivity contribution in [3.63, 3.8) is 0 Å². The minimum atomic E-state index is -0.451. The number of ether oxygens (including phenoxy) is 2. The molecule has 0 aliphatic rings.